The van der Waals surface area contributed by atoms with Crippen LogP contribution < -0.4 is 10.6 Å². The van der Waals surface area contributed by atoms with E-state index in [1.54, 1.807) is 11.1 Å². The van der Waals surface area contributed by atoms with Crippen molar-refractivity contribution in [3.8, 4) is 0 Å². The summed E-state index contributed by atoms with van der Waals surface area (Å²) in [4.78, 5) is 12.3. The second kappa shape index (κ2) is 5.34. The van der Waals surface area contributed by atoms with Gasteiger partial charge in [0.05, 0.1) is 6.54 Å². The molecule has 1 aromatic rings. The minimum atomic E-state index is 0.522. The van der Waals surface area contributed by atoms with Gasteiger partial charge in [0.25, 0.3) is 0 Å². The van der Waals surface area contributed by atoms with E-state index in [-0.39, 0.29) is 0 Å². The van der Waals surface area contributed by atoms with Gasteiger partial charge in [-0.05, 0) is 6.07 Å². The van der Waals surface area contributed by atoms with Crippen molar-refractivity contribution in [2.24, 2.45) is 10.7 Å². The SMILES string of the molecule is CN(C)C(N)=NCc1cccnc1N(C)C. The average molecular weight is 221 g/mol. The van der Waals surface area contributed by atoms with Crippen molar-refractivity contribution in [2.75, 3.05) is 33.1 Å². The zero-order chi connectivity index (χ0) is 12.1. The number of hydrogen-bond donors (Lipinski definition) is 1. The van der Waals surface area contributed by atoms with E-state index in [4.69, 9.17) is 5.73 Å². The molecule has 0 aliphatic rings. The first-order valence-corrected chi connectivity index (χ1v) is 5.11. The van der Waals surface area contributed by atoms with E-state index in [0.29, 0.717) is 12.5 Å². The van der Waals surface area contributed by atoms with Crippen LogP contribution in [0.5, 0.6) is 0 Å². The van der Waals surface area contributed by atoms with Crippen LogP contribution in [0.4, 0.5) is 5.82 Å². The Kier molecular flexibility index (Phi) is 4.10. The topological polar surface area (TPSA) is 57.8 Å². The molecule has 1 heterocycles. The van der Waals surface area contributed by atoms with Gasteiger partial charge < -0.3 is 15.5 Å². The Morgan fingerprint density at radius 2 is 2.06 bits per heavy atom. The molecule has 0 saturated carbocycles. The fourth-order valence-corrected chi connectivity index (χ4v) is 1.26. The Labute approximate surface area is 96.6 Å². The molecule has 1 aromatic heterocycles. The number of aliphatic imine (C=N–C) groups is 1. The summed E-state index contributed by atoms with van der Waals surface area (Å²) in [6.45, 7) is 0.547. The molecule has 0 unspecified atom stereocenters. The van der Waals surface area contributed by atoms with Gasteiger partial charge in [-0.2, -0.15) is 0 Å². The monoisotopic (exact) mass is 221 g/mol. The van der Waals surface area contributed by atoms with E-state index in [0.717, 1.165) is 11.4 Å². The molecule has 0 fully saturated rings. The smallest absolute Gasteiger partial charge is 0.191 e. The van der Waals surface area contributed by atoms with Crippen LogP contribution >= 0.6 is 0 Å². The molecule has 0 aliphatic carbocycles. The molecule has 5 nitrogen and oxygen atoms in total. The molecule has 0 bridgehead atoms. The number of aromatic nitrogens is 1. The van der Waals surface area contributed by atoms with Crippen LogP contribution in [-0.4, -0.2) is 44.0 Å². The van der Waals surface area contributed by atoms with Crippen molar-refractivity contribution >= 4 is 11.8 Å². The van der Waals surface area contributed by atoms with Crippen molar-refractivity contribution in [3.05, 3.63) is 23.9 Å². The Balaban J connectivity index is 2.85. The lowest BCUT2D eigenvalue weighted by Gasteiger charge is -2.15. The zero-order valence-corrected chi connectivity index (χ0v) is 10.3. The van der Waals surface area contributed by atoms with Crippen LogP contribution in [0.3, 0.4) is 0 Å². The largest absolute Gasteiger partial charge is 0.370 e. The molecule has 0 aromatic carbocycles. The Hall–Kier alpha value is -1.78. The van der Waals surface area contributed by atoms with Gasteiger partial charge in [0.15, 0.2) is 5.96 Å². The summed E-state index contributed by atoms with van der Waals surface area (Å²) in [5.41, 5.74) is 6.80. The second-order valence-electron chi connectivity index (χ2n) is 3.95. The molecule has 88 valence electrons. The number of rotatable bonds is 3. The number of hydrogen-bond acceptors (Lipinski definition) is 3. The van der Waals surface area contributed by atoms with E-state index in [9.17, 15) is 0 Å². The Morgan fingerprint density at radius 1 is 1.38 bits per heavy atom. The van der Waals surface area contributed by atoms with Crippen molar-refractivity contribution in [1.29, 1.82) is 0 Å². The van der Waals surface area contributed by atoms with Crippen molar-refractivity contribution in [1.82, 2.24) is 9.88 Å². The molecule has 5 heteroatoms. The number of nitrogens with zero attached hydrogens (tertiary/aromatic N) is 4. The predicted octanol–water partition coefficient (Wildman–Crippen LogP) is 0.524. The van der Waals surface area contributed by atoms with Gasteiger partial charge in [-0.1, -0.05) is 6.07 Å². The number of pyridine rings is 1. The molecule has 0 saturated heterocycles. The standard InChI is InChI=1S/C11H19N5/c1-15(2)10-9(6-5-7-13-10)8-14-11(12)16(3)4/h5-7H,8H2,1-4H3,(H2,12,14). The van der Waals surface area contributed by atoms with Crippen LogP contribution in [-0.2, 0) is 6.54 Å². The van der Waals surface area contributed by atoms with Gasteiger partial charge in [-0.3, -0.25) is 0 Å². The summed E-state index contributed by atoms with van der Waals surface area (Å²) in [6, 6.07) is 3.92. The molecule has 0 spiro atoms. The third kappa shape index (κ3) is 3.12. The predicted molar refractivity (Wildman–Crippen MR) is 67.6 cm³/mol. The van der Waals surface area contributed by atoms with Crippen LogP contribution in [0, 0.1) is 0 Å². The van der Waals surface area contributed by atoms with Crippen molar-refractivity contribution in [2.45, 2.75) is 6.54 Å². The second-order valence-corrected chi connectivity index (χ2v) is 3.95. The lowest BCUT2D eigenvalue weighted by atomic mass is 10.2. The van der Waals surface area contributed by atoms with Gasteiger partial charge in [0, 0.05) is 40.0 Å². The summed E-state index contributed by atoms with van der Waals surface area (Å²) >= 11 is 0. The van der Waals surface area contributed by atoms with Crippen molar-refractivity contribution in [3.63, 3.8) is 0 Å². The highest BCUT2D eigenvalue weighted by Gasteiger charge is 2.04. The summed E-state index contributed by atoms with van der Waals surface area (Å²) < 4.78 is 0. The lowest BCUT2D eigenvalue weighted by molar-refractivity contribution is 0.609. The van der Waals surface area contributed by atoms with Crippen LogP contribution in [0.2, 0.25) is 0 Å². The molecule has 1 rings (SSSR count). The molecule has 0 atom stereocenters. The minimum absolute atomic E-state index is 0.522. The lowest BCUT2D eigenvalue weighted by Crippen LogP contribution is -2.30. The molecule has 2 N–H and O–H groups in total. The molecule has 16 heavy (non-hydrogen) atoms. The van der Waals surface area contributed by atoms with Crippen molar-refractivity contribution < 1.29 is 0 Å². The first-order valence-electron chi connectivity index (χ1n) is 5.11. The van der Waals surface area contributed by atoms with Crippen LogP contribution in [0.1, 0.15) is 5.56 Å². The highest BCUT2D eigenvalue weighted by atomic mass is 15.2. The first-order chi connectivity index (χ1) is 7.52. The maximum Gasteiger partial charge on any atom is 0.191 e. The van der Waals surface area contributed by atoms with Crippen LogP contribution in [0.25, 0.3) is 0 Å². The molecular formula is C11H19N5. The highest BCUT2D eigenvalue weighted by Crippen LogP contribution is 2.15. The van der Waals surface area contributed by atoms with E-state index in [1.807, 2.05) is 45.2 Å². The first kappa shape index (κ1) is 12.3. The third-order valence-corrected chi connectivity index (χ3v) is 2.16. The van der Waals surface area contributed by atoms with E-state index in [2.05, 4.69) is 9.98 Å². The summed E-state index contributed by atoms with van der Waals surface area (Å²) in [5.74, 6) is 1.45. The van der Waals surface area contributed by atoms with Crippen LogP contribution in [0.15, 0.2) is 23.3 Å². The maximum atomic E-state index is 5.73. The summed E-state index contributed by atoms with van der Waals surface area (Å²) in [6.07, 6.45) is 1.78. The Morgan fingerprint density at radius 3 is 2.62 bits per heavy atom. The maximum absolute atomic E-state index is 5.73. The molecule has 0 amide bonds. The minimum Gasteiger partial charge on any atom is -0.370 e. The fraction of sp³-hybridized carbons (Fsp3) is 0.455. The molecule has 0 aliphatic heterocycles. The zero-order valence-electron chi connectivity index (χ0n) is 10.3. The highest BCUT2D eigenvalue weighted by molar-refractivity contribution is 5.77. The van der Waals surface area contributed by atoms with Gasteiger partial charge in [-0.15, -0.1) is 0 Å². The average Bonchev–Trinajstić information content (AvgIpc) is 2.25. The van der Waals surface area contributed by atoms with Gasteiger partial charge in [-0.25, -0.2) is 9.98 Å². The normalized spacial score (nSPS) is 11.4. The number of nitrogens with two attached hydrogens (primary N) is 1. The summed E-state index contributed by atoms with van der Waals surface area (Å²) in [7, 11) is 7.67. The third-order valence-electron chi connectivity index (χ3n) is 2.16. The molecular weight excluding hydrogens is 202 g/mol. The fourth-order valence-electron chi connectivity index (χ4n) is 1.26. The van der Waals surface area contributed by atoms with Gasteiger partial charge >= 0.3 is 0 Å². The van der Waals surface area contributed by atoms with E-state index >= 15 is 0 Å². The van der Waals surface area contributed by atoms with E-state index < -0.39 is 0 Å². The molecule has 0 radical (unpaired) electrons. The van der Waals surface area contributed by atoms with E-state index in [1.165, 1.54) is 0 Å². The van der Waals surface area contributed by atoms with Gasteiger partial charge in [0.1, 0.15) is 5.82 Å². The van der Waals surface area contributed by atoms with Gasteiger partial charge in [0.2, 0.25) is 0 Å². The summed E-state index contributed by atoms with van der Waals surface area (Å²) in [5, 5.41) is 0. The Bertz CT molecular complexity index is 370. The number of guanidine groups is 1. The number of anilines is 1. The quantitative estimate of drug-likeness (QED) is 0.597.